The van der Waals surface area contributed by atoms with E-state index in [-0.39, 0.29) is 6.10 Å². The Morgan fingerprint density at radius 2 is 2.10 bits per heavy atom. The fourth-order valence-corrected chi connectivity index (χ4v) is 3.72. The monoisotopic (exact) mass is 293 g/mol. The fraction of sp³-hybridized carbons (Fsp3) is 0.647. The molecule has 2 atom stereocenters. The van der Waals surface area contributed by atoms with Crippen LogP contribution < -0.4 is 10.1 Å². The van der Waals surface area contributed by atoms with Crippen LogP contribution in [-0.4, -0.2) is 18.7 Å². The number of ether oxygens (including phenoxy) is 1. The molecule has 1 aliphatic heterocycles. The van der Waals surface area contributed by atoms with Gasteiger partial charge in [-0.05, 0) is 49.4 Å². The summed E-state index contributed by atoms with van der Waals surface area (Å²) in [6.07, 6.45) is 8.23. The van der Waals surface area contributed by atoms with Gasteiger partial charge in [0, 0.05) is 24.0 Å². The summed E-state index contributed by atoms with van der Waals surface area (Å²) in [6.45, 7) is 3.26. The van der Waals surface area contributed by atoms with Crippen LogP contribution >= 0.6 is 11.6 Å². The van der Waals surface area contributed by atoms with Gasteiger partial charge in [-0.15, -0.1) is 0 Å². The third-order valence-electron chi connectivity index (χ3n) is 4.79. The Morgan fingerprint density at radius 1 is 1.30 bits per heavy atom. The zero-order chi connectivity index (χ0) is 13.9. The Hall–Kier alpha value is -0.730. The molecule has 0 aromatic heterocycles. The van der Waals surface area contributed by atoms with Crippen LogP contribution in [0.5, 0.6) is 5.75 Å². The van der Waals surface area contributed by atoms with Gasteiger partial charge in [0.05, 0.1) is 0 Å². The maximum absolute atomic E-state index is 6.03. The molecule has 0 amide bonds. The van der Waals surface area contributed by atoms with Crippen LogP contribution in [0.1, 0.15) is 44.6 Å². The number of hydrogen-bond acceptors (Lipinski definition) is 2. The van der Waals surface area contributed by atoms with Gasteiger partial charge in [0.1, 0.15) is 11.9 Å². The Labute approximate surface area is 126 Å². The molecule has 3 heteroatoms. The van der Waals surface area contributed by atoms with Crippen molar-refractivity contribution in [1.82, 2.24) is 5.32 Å². The molecular weight excluding hydrogens is 270 g/mol. The van der Waals surface area contributed by atoms with Gasteiger partial charge in [0.2, 0.25) is 0 Å². The highest BCUT2D eigenvalue weighted by atomic mass is 35.5. The smallest absolute Gasteiger partial charge is 0.123 e. The van der Waals surface area contributed by atoms with Crippen LogP contribution in [-0.2, 0) is 6.42 Å². The first-order chi connectivity index (χ1) is 9.72. The first kappa shape index (κ1) is 14.2. The van der Waals surface area contributed by atoms with Crippen molar-refractivity contribution in [1.29, 1.82) is 0 Å². The largest absolute Gasteiger partial charge is 0.488 e. The quantitative estimate of drug-likeness (QED) is 0.898. The van der Waals surface area contributed by atoms with E-state index >= 15 is 0 Å². The molecule has 0 bridgehead atoms. The van der Waals surface area contributed by atoms with Crippen molar-refractivity contribution in [2.75, 3.05) is 6.54 Å². The van der Waals surface area contributed by atoms with Gasteiger partial charge in [0.15, 0.2) is 0 Å². The van der Waals surface area contributed by atoms with Gasteiger partial charge in [-0.2, -0.15) is 0 Å². The zero-order valence-electron chi connectivity index (χ0n) is 12.2. The minimum absolute atomic E-state index is 0.259. The van der Waals surface area contributed by atoms with Crippen LogP contribution in [0, 0.1) is 5.92 Å². The van der Waals surface area contributed by atoms with Gasteiger partial charge in [-0.25, -0.2) is 0 Å². The highest BCUT2D eigenvalue weighted by molar-refractivity contribution is 6.30. The predicted molar refractivity (Wildman–Crippen MR) is 83.6 cm³/mol. The molecule has 1 aliphatic carbocycles. The van der Waals surface area contributed by atoms with Crippen molar-refractivity contribution >= 4 is 11.6 Å². The van der Waals surface area contributed by atoms with Crippen LogP contribution in [0.25, 0.3) is 0 Å². The Morgan fingerprint density at radius 3 is 2.90 bits per heavy atom. The van der Waals surface area contributed by atoms with Crippen LogP contribution in [0.15, 0.2) is 18.2 Å². The first-order valence-corrected chi connectivity index (χ1v) is 8.28. The van der Waals surface area contributed by atoms with Crippen molar-refractivity contribution in [3.63, 3.8) is 0 Å². The summed E-state index contributed by atoms with van der Waals surface area (Å²) >= 11 is 6.03. The topological polar surface area (TPSA) is 21.3 Å². The molecule has 1 N–H and O–H groups in total. The normalized spacial score (nSPS) is 24.2. The molecule has 0 saturated heterocycles. The number of rotatable bonds is 4. The SMILES string of the molecule is C[C@H](NCC1Cc2cc(Cl)ccc2O1)C1CCCCC1. The van der Waals surface area contributed by atoms with Crippen molar-refractivity contribution in [3.05, 3.63) is 28.8 Å². The lowest BCUT2D eigenvalue weighted by Crippen LogP contribution is -2.40. The summed E-state index contributed by atoms with van der Waals surface area (Å²) in [5.74, 6) is 1.86. The van der Waals surface area contributed by atoms with Gasteiger partial charge < -0.3 is 10.1 Å². The minimum atomic E-state index is 0.259. The van der Waals surface area contributed by atoms with Gasteiger partial charge in [-0.3, -0.25) is 0 Å². The maximum Gasteiger partial charge on any atom is 0.123 e. The second-order valence-corrected chi connectivity index (χ2v) is 6.73. The van der Waals surface area contributed by atoms with Crippen molar-refractivity contribution < 1.29 is 4.74 Å². The summed E-state index contributed by atoms with van der Waals surface area (Å²) in [4.78, 5) is 0. The Balaban J connectivity index is 1.48. The standard InChI is InChI=1S/C17H24ClNO/c1-12(13-5-3-2-4-6-13)19-11-16-10-14-9-15(18)7-8-17(14)20-16/h7-9,12-13,16,19H,2-6,10-11H2,1H3/t12-,16?/m0/s1. The molecule has 110 valence electrons. The molecule has 20 heavy (non-hydrogen) atoms. The van der Waals surface area contributed by atoms with E-state index in [4.69, 9.17) is 16.3 Å². The maximum atomic E-state index is 6.03. The van der Waals surface area contributed by atoms with E-state index in [1.54, 1.807) is 0 Å². The Kier molecular flexibility index (Phi) is 4.52. The van der Waals surface area contributed by atoms with E-state index < -0.39 is 0 Å². The van der Waals surface area contributed by atoms with E-state index in [2.05, 4.69) is 12.2 Å². The van der Waals surface area contributed by atoms with Gasteiger partial charge in [-0.1, -0.05) is 30.9 Å². The molecule has 1 fully saturated rings. The second kappa shape index (κ2) is 6.36. The van der Waals surface area contributed by atoms with E-state index in [1.165, 1.54) is 37.7 Å². The molecule has 2 nitrogen and oxygen atoms in total. The van der Waals surface area contributed by atoms with Crippen molar-refractivity contribution in [2.45, 2.75) is 57.6 Å². The Bertz CT molecular complexity index is 456. The zero-order valence-corrected chi connectivity index (χ0v) is 13.0. The van der Waals surface area contributed by atoms with Crippen molar-refractivity contribution in [3.8, 4) is 5.75 Å². The summed E-state index contributed by atoms with van der Waals surface area (Å²) in [5.41, 5.74) is 1.25. The minimum Gasteiger partial charge on any atom is -0.488 e. The summed E-state index contributed by atoms with van der Waals surface area (Å²) < 4.78 is 5.98. The number of benzene rings is 1. The summed E-state index contributed by atoms with van der Waals surface area (Å²) in [6, 6.07) is 6.52. The molecule has 0 radical (unpaired) electrons. The fourth-order valence-electron chi connectivity index (χ4n) is 3.52. The molecule has 1 aromatic rings. The number of halogens is 1. The highest BCUT2D eigenvalue weighted by Crippen LogP contribution is 2.31. The summed E-state index contributed by atoms with van der Waals surface area (Å²) in [5, 5.41) is 4.49. The lowest BCUT2D eigenvalue weighted by atomic mass is 9.84. The first-order valence-electron chi connectivity index (χ1n) is 7.91. The van der Waals surface area contributed by atoms with Crippen molar-refractivity contribution in [2.24, 2.45) is 5.92 Å². The average Bonchev–Trinajstić information content (AvgIpc) is 2.87. The van der Waals surface area contributed by atoms with Gasteiger partial charge >= 0.3 is 0 Å². The predicted octanol–water partition coefficient (Wildman–Crippen LogP) is 4.20. The van der Waals surface area contributed by atoms with E-state index in [1.807, 2.05) is 18.2 Å². The molecule has 1 heterocycles. The molecule has 2 aliphatic rings. The number of fused-ring (bicyclic) bond motifs is 1. The third-order valence-corrected chi connectivity index (χ3v) is 5.02. The highest BCUT2D eigenvalue weighted by Gasteiger charge is 2.25. The molecule has 1 unspecified atom stereocenters. The molecule has 1 aromatic carbocycles. The molecule has 0 spiro atoms. The number of nitrogens with one attached hydrogen (secondary N) is 1. The molecule has 3 rings (SSSR count). The molecular formula is C17H24ClNO. The van der Waals surface area contributed by atoms with E-state index in [0.717, 1.165) is 29.7 Å². The van der Waals surface area contributed by atoms with Crippen LogP contribution in [0.2, 0.25) is 5.02 Å². The average molecular weight is 294 g/mol. The molecule has 1 saturated carbocycles. The number of hydrogen-bond donors (Lipinski definition) is 1. The van der Waals surface area contributed by atoms with E-state index in [0.29, 0.717) is 6.04 Å². The summed E-state index contributed by atoms with van der Waals surface area (Å²) in [7, 11) is 0. The van der Waals surface area contributed by atoms with Gasteiger partial charge in [0.25, 0.3) is 0 Å². The lowest BCUT2D eigenvalue weighted by molar-refractivity contribution is 0.204. The lowest BCUT2D eigenvalue weighted by Gasteiger charge is -2.29. The van der Waals surface area contributed by atoms with Crippen LogP contribution in [0.4, 0.5) is 0 Å². The third kappa shape index (κ3) is 3.29. The van der Waals surface area contributed by atoms with E-state index in [9.17, 15) is 0 Å². The second-order valence-electron chi connectivity index (χ2n) is 6.29. The van der Waals surface area contributed by atoms with Crippen LogP contribution in [0.3, 0.4) is 0 Å².